The highest BCUT2D eigenvalue weighted by Crippen LogP contribution is 2.21. The van der Waals surface area contributed by atoms with Crippen molar-refractivity contribution >= 4 is 27.5 Å². The van der Waals surface area contributed by atoms with Crippen molar-refractivity contribution < 1.29 is 8.42 Å². The molecule has 5 nitrogen and oxygen atoms in total. The van der Waals surface area contributed by atoms with Crippen LogP contribution in [0.1, 0.15) is 18.9 Å². The van der Waals surface area contributed by atoms with Crippen LogP contribution in [0.25, 0.3) is 0 Å². The average Bonchev–Trinajstić information content (AvgIpc) is 2.38. The number of rotatable bonds is 8. The summed E-state index contributed by atoms with van der Waals surface area (Å²) in [5.74, 6) is 0. The van der Waals surface area contributed by atoms with Crippen molar-refractivity contribution in [1.29, 1.82) is 0 Å². The summed E-state index contributed by atoms with van der Waals surface area (Å²) in [4.78, 5) is 0. The fourth-order valence-electron chi connectivity index (χ4n) is 1.61. The molecule has 0 aliphatic rings. The van der Waals surface area contributed by atoms with Crippen molar-refractivity contribution in [2.45, 2.75) is 20.3 Å². The third kappa shape index (κ3) is 5.28. The minimum Gasteiger partial charge on any atom is -0.317 e. The first-order valence-corrected chi connectivity index (χ1v) is 8.39. The third-order valence-electron chi connectivity index (χ3n) is 2.91. The number of halogens is 1. The predicted octanol–water partition coefficient (Wildman–Crippen LogP) is 2.24. The number of hydrogen-bond donors (Lipinski definition) is 2. The van der Waals surface area contributed by atoms with Crippen molar-refractivity contribution in [3.05, 3.63) is 28.8 Å². The lowest BCUT2D eigenvalue weighted by atomic mass is 10.2. The molecule has 0 unspecified atom stereocenters. The van der Waals surface area contributed by atoms with Crippen LogP contribution < -0.4 is 10.0 Å². The number of aryl methyl sites for hydroxylation is 1. The molecule has 1 aromatic rings. The van der Waals surface area contributed by atoms with Gasteiger partial charge < -0.3 is 5.32 Å². The van der Waals surface area contributed by atoms with E-state index in [4.69, 9.17) is 11.6 Å². The molecule has 0 radical (unpaired) electrons. The van der Waals surface area contributed by atoms with Crippen LogP contribution in [0.3, 0.4) is 0 Å². The Morgan fingerprint density at radius 3 is 2.65 bits per heavy atom. The maximum Gasteiger partial charge on any atom is 0.301 e. The monoisotopic (exact) mass is 319 g/mol. The molecule has 0 aromatic heterocycles. The van der Waals surface area contributed by atoms with Crippen molar-refractivity contribution in [2.24, 2.45) is 0 Å². The van der Waals surface area contributed by atoms with Gasteiger partial charge in [0.15, 0.2) is 0 Å². The molecule has 1 aromatic carbocycles. The van der Waals surface area contributed by atoms with Gasteiger partial charge in [0.1, 0.15) is 0 Å². The SMILES string of the molecule is CCNCCCN(C)S(=O)(=O)Nc1ccc(C)c(Cl)c1. The summed E-state index contributed by atoms with van der Waals surface area (Å²) < 4.78 is 28.0. The van der Waals surface area contributed by atoms with Crippen LogP contribution in [0.15, 0.2) is 18.2 Å². The first-order chi connectivity index (χ1) is 9.36. The number of benzene rings is 1. The maximum absolute atomic E-state index is 12.1. The molecule has 0 heterocycles. The van der Waals surface area contributed by atoms with E-state index in [1.165, 1.54) is 4.31 Å². The van der Waals surface area contributed by atoms with E-state index < -0.39 is 10.2 Å². The molecule has 0 atom stereocenters. The van der Waals surface area contributed by atoms with E-state index in [-0.39, 0.29) is 0 Å². The maximum atomic E-state index is 12.1. The van der Waals surface area contributed by atoms with Gasteiger partial charge in [0, 0.05) is 18.6 Å². The highest BCUT2D eigenvalue weighted by Gasteiger charge is 2.17. The molecule has 0 aliphatic heterocycles. The Bertz CT molecular complexity index is 534. The fourth-order valence-corrected chi connectivity index (χ4v) is 2.74. The zero-order valence-corrected chi connectivity index (χ0v) is 13.7. The summed E-state index contributed by atoms with van der Waals surface area (Å²) >= 11 is 5.98. The van der Waals surface area contributed by atoms with Gasteiger partial charge in [-0.15, -0.1) is 0 Å². The van der Waals surface area contributed by atoms with Gasteiger partial charge >= 0.3 is 10.2 Å². The quantitative estimate of drug-likeness (QED) is 0.722. The van der Waals surface area contributed by atoms with E-state index in [0.29, 0.717) is 17.3 Å². The van der Waals surface area contributed by atoms with Crippen molar-refractivity contribution in [2.75, 3.05) is 31.4 Å². The largest absolute Gasteiger partial charge is 0.317 e. The number of anilines is 1. The topological polar surface area (TPSA) is 61.4 Å². The summed E-state index contributed by atoms with van der Waals surface area (Å²) in [6, 6.07) is 5.09. The average molecular weight is 320 g/mol. The molecule has 2 N–H and O–H groups in total. The first-order valence-electron chi connectivity index (χ1n) is 6.57. The second-order valence-corrected chi connectivity index (χ2v) is 6.78. The van der Waals surface area contributed by atoms with Crippen molar-refractivity contribution in [3.8, 4) is 0 Å². The van der Waals surface area contributed by atoms with Crippen LogP contribution in [-0.2, 0) is 10.2 Å². The van der Waals surface area contributed by atoms with Crippen LogP contribution >= 0.6 is 11.6 Å². The van der Waals surface area contributed by atoms with Crippen LogP contribution in [0.2, 0.25) is 5.02 Å². The molecule has 0 saturated heterocycles. The van der Waals surface area contributed by atoms with Gasteiger partial charge in [0.05, 0.1) is 5.69 Å². The summed E-state index contributed by atoms with van der Waals surface area (Å²) in [6.45, 7) is 6.03. The predicted molar refractivity (Wildman–Crippen MR) is 84.5 cm³/mol. The van der Waals surface area contributed by atoms with E-state index in [1.807, 2.05) is 13.8 Å². The minimum absolute atomic E-state index is 0.460. The van der Waals surface area contributed by atoms with E-state index in [1.54, 1.807) is 25.2 Å². The molecule has 0 fully saturated rings. The second kappa shape index (κ2) is 7.83. The Hall–Kier alpha value is -0.820. The van der Waals surface area contributed by atoms with E-state index in [0.717, 1.165) is 25.1 Å². The summed E-state index contributed by atoms with van der Waals surface area (Å²) in [7, 11) is -1.97. The Morgan fingerprint density at radius 2 is 2.05 bits per heavy atom. The van der Waals surface area contributed by atoms with Gasteiger partial charge in [0.2, 0.25) is 0 Å². The van der Waals surface area contributed by atoms with Crippen molar-refractivity contribution in [1.82, 2.24) is 9.62 Å². The van der Waals surface area contributed by atoms with E-state index >= 15 is 0 Å². The Kier molecular flexibility index (Phi) is 6.75. The molecule has 0 saturated carbocycles. The molecule has 0 amide bonds. The molecular formula is C13H22ClN3O2S. The first kappa shape index (κ1) is 17.2. The Balaban J connectivity index is 2.61. The Labute approximate surface area is 126 Å². The molecule has 0 bridgehead atoms. The van der Waals surface area contributed by atoms with Gasteiger partial charge in [0.25, 0.3) is 0 Å². The van der Waals surface area contributed by atoms with Crippen LogP contribution in [0, 0.1) is 6.92 Å². The smallest absolute Gasteiger partial charge is 0.301 e. The summed E-state index contributed by atoms with van der Waals surface area (Å²) in [6.07, 6.45) is 0.764. The zero-order chi connectivity index (χ0) is 15.2. The highest BCUT2D eigenvalue weighted by atomic mass is 35.5. The highest BCUT2D eigenvalue weighted by molar-refractivity contribution is 7.90. The fraction of sp³-hybridized carbons (Fsp3) is 0.538. The third-order valence-corrected chi connectivity index (χ3v) is 4.81. The van der Waals surface area contributed by atoms with Crippen LogP contribution in [0.5, 0.6) is 0 Å². The summed E-state index contributed by atoms with van der Waals surface area (Å²) in [5.41, 5.74) is 1.38. The number of nitrogens with one attached hydrogen (secondary N) is 2. The van der Waals surface area contributed by atoms with Crippen molar-refractivity contribution in [3.63, 3.8) is 0 Å². The Morgan fingerprint density at radius 1 is 1.35 bits per heavy atom. The molecule has 0 spiro atoms. The normalized spacial score (nSPS) is 11.8. The number of hydrogen-bond acceptors (Lipinski definition) is 3. The lowest BCUT2D eigenvalue weighted by Gasteiger charge is -2.18. The van der Waals surface area contributed by atoms with Gasteiger partial charge in [-0.25, -0.2) is 0 Å². The summed E-state index contributed by atoms with van der Waals surface area (Å²) in [5, 5.41) is 3.70. The number of nitrogens with zero attached hydrogens (tertiary/aromatic N) is 1. The molecule has 1 rings (SSSR count). The van der Waals surface area contributed by atoms with Gasteiger partial charge in [-0.05, 0) is 44.1 Å². The van der Waals surface area contributed by atoms with Gasteiger partial charge in [-0.2, -0.15) is 12.7 Å². The van der Waals surface area contributed by atoms with Gasteiger partial charge in [-0.3, -0.25) is 4.72 Å². The van der Waals surface area contributed by atoms with Crippen LogP contribution in [-0.4, -0.2) is 39.4 Å². The molecule has 20 heavy (non-hydrogen) atoms. The van der Waals surface area contributed by atoms with Gasteiger partial charge in [-0.1, -0.05) is 24.6 Å². The lowest BCUT2D eigenvalue weighted by Crippen LogP contribution is -2.34. The molecular weight excluding hydrogens is 298 g/mol. The lowest BCUT2D eigenvalue weighted by molar-refractivity contribution is 0.459. The van der Waals surface area contributed by atoms with E-state index in [9.17, 15) is 8.42 Å². The molecule has 0 aliphatic carbocycles. The second-order valence-electron chi connectivity index (χ2n) is 4.60. The van der Waals surface area contributed by atoms with Crippen LogP contribution in [0.4, 0.5) is 5.69 Å². The molecule has 7 heteroatoms. The minimum atomic E-state index is -3.53. The standard InChI is InChI=1S/C13H22ClN3O2S/c1-4-15-8-5-9-17(3)20(18,19)16-12-7-6-11(2)13(14)10-12/h6-7,10,15-16H,4-5,8-9H2,1-3H3. The molecule has 114 valence electrons. The van der Waals surface area contributed by atoms with E-state index in [2.05, 4.69) is 10.0 Å². The zero-order valence-electron chi connectivity index (χ0n) is 12.1.